The zero-order valence-electron chi connectivity index (χ0n) is 10.1. The third-order valence-electron chi connectivity index (χ3n) is 2.54. The normalized spacial score (nSPS) is 12.2. The monoisotopic (exact) mass is 409 g/mol. The topological polar surface area (TPSA) is 29.1 Å². The fourth-order valence-corrected chi connectivity index (χ4v) is 2.47. The minimum Gasteiger partial charge on any atom is -0.350 e. The van der Waals surface area contributed by atoms with Crippen LogP contribution in [0.4, 0.5) is 0 Å². The van der Waals surface area contributed by atoms with Crippen molar-refractivity contribution in [3.8, 4) is 0 Å². The third-order valence-corrected chi connectivity index (χ3v) is 3.90. The molecular weight excluding hydrogens is 393 g/mol. The molecule has 0 aromatic heterocycles. The molecule has 1 amide bonds. The van der Waals surface area contributed by atoms with E-state index in [1.165, 1.54) is 0 Å². The Kier molecular flexibility index (Phi) is 6.48. The number of halogens is 2. The van der Waals surface area contributed by atoms with E-state index in [4.69, 9.17) is 0 Å². The van der Waals surface area contributed by atoms with E-state index < -0.39 is 0 Å². The first-order chi connectivity index (χ1) is 8.04. The average molecular weight is 410 g/mol. The van der Waals surface area contributed by atoms with Gasteiger partial charge in [-0.25, -0.2) is 0 Å². The number of nitrogens with one attached hydrogen (secondary N) is 1. The number of carbonyl (C=O) groups is 1. The van der Waals surface area contributed by atoms with Crippen LogP contribution in [0.1, 0.15) is 43.5 Å². The Bertz CT molecular complexity index is 395. The summed E-state index contributed by atoms with van der Waals surface area (Å²) in [6, 6.07) is 6.01. The van der Waals surface area contributed by atoms with Crippen molar-refractivity contribution in [2.45, 2.75) is 39.2 Å². The molecule has 0 aliphatic rings. The number of hydrogen-bond donors (Lipinski definition) is 1. The summed E-state index contributed by atoms with van der Waals surface area (Å²) < 4.78 is 1.91. The van der Waals surface area contributed by atoms with Crippen LogP contribution in [0, 0.1) is 3.57 Å². The van der Waals surface area contributed by atoms with Crippen LogP contribution in [0.2, 0.25) is 0 Å². The van der Waals surface area contributed by atoms with Gasteiger partial charge in [-0.05, 0) is 70.1 Å². The van der Waals surface area contributed by atoms with Crippen LogP contribution in [0.25, 0.3) is 0 Å². The molecule has 1 aromatic rings. The van der Waals surface area contributed by atoms with E-state index in [0.717, 1.165) is 27.3 Å². The molecule has 94 valence electrons. The van der Waals surface area contributed by atoms with Gasteiger partial charge in [0.25, 0.3) is 5.91 Å². The second kappa shape index (κ2) is 7.36. The standard InChI is InChI=1S/C13H17BrINO/c1-3-4-5-9(2)16-13(17)11-8-10(15)6-7-12(11)14/h6-9H,3-5H2,1-2H3,(H,16,17). The molecule has 0 radical (unpaired) electrons. The number of amides is 1. The predicted molar refractivity (Wildman–Crippen MR) is 83.3 cm³/mol. The van der Waals surface area contributed by atoms with Crippen molar-refractivity contribution in [1.29, 1.82) is 0 Å². The van der Waals surface area contributed by atoms with Crippen LogP contribution in [-0.4, -0.2) is 11.9 Å². The Hall–Kier alpha value is -0.100. The van der Waals surface area contributed by atoms with E-state index in [2.05, 4.69) is 57.7 Å². The summed E-state index contributed by atoms with van der Waals surface area (Å²) in [6.07, 6.45) is 3.34. The summed E-state index contributed by atoms with van der Waals surface area (Å²) in [6.45, 7) is 4.21. The van der Waals surface area contributed by atoms with Gasteiger partial charge in [0.05, 0.1) is 5.56 Å². The molecular formula is C13H17BrINO. The molecule has 4 heteroatoms. The molecule has 1 unspecified atom stereocenters. The van der Waals surface area contributed by atoms with Gasteiger partial charge in [0.2, 0.25) is 0 Å². The second-order valence-corrected chi connectivity index (χ2v) is 6.24. The summed E-state index contributed by atoms with van der Waals surface area (Å²) in [5, 5.41) is 3.03. The van der Waals surface area contributed by atoms with E-state index >= 15 is 0 Å². The van der Waals surface area contributed by atoms with Gasteiger partial charge in [-0.1, -0.05) is 19.8 Å². The van der Waals surface area contributed by atoms with Crippen molar-refractivity contribution in [3.05, 3.63) is 31.8 Å². The fourth-order valence-electron chi connectivity index (χ4n) is 1.56. The Morgan fingerprint density at radius 2 is 2.24 bits per heavy atom. The quantitative estimate of drug-likeness (QED) is 0.719. The highest BCUT2D eigenvalue weighted by molar-refractivity contribution is 14.1. The largest absolute Gasteiger partial charge is 0.350 e. The number of hydrogen-bond acceptors (Lipinski definition) is 1. The highest BCUT2D eigenvalue weighted by Gasteiger charge is 2.12. The van der Waals surface area contributed by atoms with Gasteiger partial charge in [0, 0.05) is 14.1 Å². The van der Waals surface area contributed by atoms with E-state index in [0.29, 0.717) is 5.56 Å². The Morgan fingerprint density at radius 1 is 1.53 bits per heavy atom. The lowest BCUT2D eigenvalue weighted by molar-refractivity contribution is 0.0937. The van der Waals surface area contributed by atoms with Crippen LogP contribution >= 0.6 is 38.5 Å². The summed E-state index contributed by atoms with van der Waals surface area (Å²) in [7, 11) is 0. The smallest absolute Gasteiger partial charge is 0.252 e. The minimum atomic E-state index is -0.000931. The van der Waals surface area contributed by atoms with Crippen molar-refractivity contribution in [2.75, 3.05) is 0 Å². The number of unbranched alkanes of at least 4 members (excludes halogenated alkanes) is 1. The van der Waals surface area contributed by atoms with E-state index in [1.54, 1.807) is 0 Å². The highest BCUT2D eigenvalue weighted by atomic mass is 127. The first-order valence-electron chi connectivity index (χ1n) is 5.80. The molecule has 1 aromatic carbocycles. The molecule has 0 saturated heterocycles. The van der Waals surface area contributed by atoms with Crippen LogP contribution in [0.15, 0.2) is 22.7 Å². The number of benzene rings is 1. The SMILES string of the molecule is CCCCC(C)NC(=O)c1cc(I)ccc1Br. The molecule has 0 aliphatic heterocycles. The summed E-state index contributed by atoms with van der Waals surface area (Å²) in [4.78, 5) is 12.0. The van der Waals surface area contributed by atoms with Crippen LogP contribution in [0.5, 0.6) is 0 Å². The van der Waals surface area contributed by atoms with Crippen molar-refractivity contribution < 1.29 is 4.79 Å². The number of carbonyl (C=O) groups excluding carboxylic acids is 1. The average Bonchev–Trinajstić information content (AvgIpc) is 2.29. The van der Waals surface area contributed by atoms with Gasteiger partial charge < -0.3 is 5.32 Å². The fraction of sp³-hybridized carbons (Fsp3) is 0.462. The number of rotatable bonds is 5. The van der Waals surface area contributed by atoms with Gasteiger partial charge >= 0.3 is 0 Å². The van der Waals surface area contributed by atoms with Crippen molar-refractivity contribution >= 4 is 44.4 Å². The molecule has 17 heavy (non-hydrogen) atoms. The molecule has 1 atom stereocenters. The Labute approximate surface area is 125 Å². The van der Waals surface area contributed by atoms with Gasteiger partial charge in [0.1, 0.15) is 0 Å². The second-order valence-electron chi connectivity index (χ2n) is 4.14. The maximum absolute atomic E-state index is 12.0. The van der Waals surface area contributed by atoms with Gasteiger partial charge in [-0.15, -0.1) is 0 Å². The molecule has 0 spiro atoms. The van der Waals surface area contributed by atoms with Crippen LogP contribution in [-0.2, 0) is 0 Å². The molecule has 1 rings (SSSR count). The summed E-state index contributed by atoms with van der Waals surface area (Å²) >= 11 is 5.62. The molecule has 0 heterocycles. The maximum Gasteiger partial charge on any atom is 0.252 e. The first-order valence-corrected chi connectivity index (χ1v) is 7.67. The Balaban J connectivity index is 2.66. The van der Waals surface area contributed by atoms with E-state index in [-0.39, 0.29) is 11.9 Å². The zero-order valence-corrected chi connectivity index (χ0v) is 13.8. The molecule has 1 N–H and O–H groups in total. The van der Waals surface area contributed by atoms with Crippen molar-refractivity contribution in [2.24, 2.45) is 0 Å². The molecule has 0 saturated carbocycles. The maximum atomic E-state index is 12.0. The lowest BCUT2D eigenvalue weighted by Crippen LogP contribution is -2.32. The predicted octanol–water partition coefficient (Wildman–Crippen LogP) is 4.36. The molecule has 2 nitrogen and oxygen atoms in total. The van der Waals surface area contributed by atoms with Gasteiger partial charge in [0.15, 0.2) is 0 Å². The van der Waals surface area contributed by atoms with Crippen molar-refractivity contribution in [3.63, 3.8) is 0 Å². The lowest BCUT2D eigenvalue weighted by Gasteiger charge is -2.14. The van der Waals surface area contributed by atoms with Gasteiger partial charge in [-0.2, -0.15) is 0 Å². The minimum absolute atomic E-state index is 0.000931. The van der Waals surface area contributed by atoms with Gasteiger partial charge in [-0.3, -0.25) is 4.79 Å². The third kappa shape index (κ3) is 4.95. The molecule has 0 bridgehead atoms. The zero-order chi connectivity index (χ0) is 12.8. The highest BCUT2D eigenvalue weighted by Crippen LogP contribution is 2.19. The van der Waals surface area contributed by atoms with E-state index in [1.807, 2.05) is 18.2 Å². The van der Waals surface area contributed by atoms with Crippen LogP contribution < -0.4 is 5.32 Å². The molecule has 0 fully saturated rings. The summed E-state index contributed by atoms with van der Waals surface area (Å²) in [5.41, 5.74) is 0.709. The Morgan fingerprint density at radius 3 is 2.88 bits per heavy atom. The first kappa shape index (κ1) is 15.0. The lowest BCUT2D eigenvalue weighted by atomic mass is 10.1. The van der Waals surface area contributed by atoms with Crippen molar-refractivity contribution in [1.82, 2.24) is 5.32 Å². The van der Waals surface area contributed by atoms with Crippen LogP contribution in [0.3, 0.4) is 0 Å². The molecule has 0 aliphatic carbocycles. The van der Waals surface area contributed by atoms with E-state index in [9.17, 15) is 4.79 Å². The summed E-state index contributed by atoms with van der Waals surface area (Å²) in [5.74, 6) is -0.000931.